The molecule has 0 heterocycles. The van der Waals surface area contributed by atoms with E-state index >= 15 is 0 Å². The highest BCUT2D eigenvalue weighted by molar-refractivity contribution is 9.11. The van der Waals surface area contributed by atoms with Crippen molar-refractivity contribution < 1.29 is 4.74 Å². The Morgan fingerprint density at radius 3 is 2.38 bits per heavy atom. The van der Waals surface area contributed by atoms with Gasteiger partial charge in [-0.2, -0.15) is 0 Å². The van der Waals surface area contributed by atoms with E-state index in [1.165, 1.54) is 37.7 Å². The Hall–Kier alpha value is -0.0600. The van der Waals surface area contributed by atoms with Crippen molar-refractivity contribution in [3.05, 3.63) is 26.6 Å². The molecule has 1 saturated carbocycles. The van der Waals surface area contributed by atoms with E-state index in [0.29, 0.717) is 12.6 Å². The van der Waals surface area contributed by atoms with Crippen LogP contribution in [-0.2, 0) is 6.54 Å². The molecule has 1 N–H and O–H groups in total. The van der Waals surface area contributed by atoms with E-state index in [0.717, 1.165) is 27.2 Å². The van der Waals surface area contributed by atoms with E-state index in [4.69, 9.17) is 4.74 Å². The standard InChI is InChI=1S/C17H25Br2NO/c1-3-21-17-15(18)9-13(10-16(17)19)11-20-12(2)14-7-5-4-6-8-14/h9-10,12,14,20H,3-8,11H2,1-2H3. The maximum absolute atomic E-state index is 5.63. The Morgan fingerprint density at radius 2 is 1.81 bits per heavy atom. The molecule has 1 aliphatic rings. The third kappa shape index (κ3) is 4.97. The largest absolute Gasteiger partial charge is 0.492 e. The summed E-state index contributed by atoms with van der Waals surface area (Å²) in [5.74, 6) is 1.73. The minimum atomic E-state index is 0.592. The van der Waals surface area contributed by atoms with E-state index in [1.807, 2.05) is 6.92 Å². The summed E-state index contributed by atoms with van der Waals surface area (Å²) in [6, 6.07) is 4.89. The Bertz CT molecular complexity index is 435. The van der Waals surface area contributed by atoms with Crippen LogP contribution in [0.4, 0.5) is 0 Å². The lowest BCUT2D eigenvalue weighted by molar-refractivity contribution is 0.280. The van der Waals surface area contributed by atoms with Crippen LogP contribution >= 0.6 is 31.9 Å². The average Bonchev–Trinajstić information content (AvgIpc) is 2.49. The average molecular weight is 419 g/mol. The summed E-state index contributed by atoms with van der Waals surface area (Å²) in [6.45, 7) is 5.91. The zero-order chi connectivity index (χ0) is 15.2. The molecule has 0 saturated heterocycles. The molecule has 1 atom stereocenters. The second kappa shape index (κ2) is 8.54. The first-order chi connectivity index (χ1) is 10.1. The van der Waals surface area contributed by atoms with Crippen molar-refractivity contribution in [2.75, 3.05) is 6.61 Å². The Labute approximate surface area is 145 Å². The molecule has 21 heavy (non-hydrogen) atoms. The summed E-state index contributed by atoms with van der Waals surface area (Å²) >= 11 is 7.20. The first-order valence-corrected chi connectivity index (χ1v) is 9.54. The quantitative estimate of drug-likeness (QED) is 0.642. The van der Waals surface area contributed by atoms with Crippen LogP contribution in [0.15, 0.2) is 21.1 Å². The third-order valence-corrected chi connectivity index (χ3v) is 5.51. The molecule has 1 fully saturated rings. The van der Waals surface area contributed by atoms with Gasteiger partial charge in [-0.25, -0.2) is 0 Å². The third-order valence-electron chi connectivity index (χ3n) is 4.33. The van der Waals surface area contributed by atoms with Crippen LogP contribution in [0, 0.1) is 5.92 Å². The maximum Gasteiger partial charge on any atom is 0.147 e. The highest BCUT2D eigenvalue weighted by Crippen LogP contribution is 2.35. The summed E-state index contributed by atoms with van der Waals surface area (Å²) < 4.78 is 7.66. The van der Waals surface area contributed by atoms with E-state index in [-0.39, 0.29) is 0 Å². The van der Waals surface area contributed by atoms with Gasteiger partial charge in [-0.3, -0.25) is 0 Å². The van der Waals surface area contributed by atoms with Crippen molar-refractivity contribution >= 4 is 31.9 Å². The first-order valence-electron chi connectivity index (χ1n) is 7.96. The van der Waals surface area contributed by atoms with Crippen LogP contribution in [0.3, 0.4) is 0 Å². The summed E-state index contributed by atoms with van der Waals surface area (Å²) in [5, 5.41) is 3.69. The molecule has 0 aromatic heterocycles. The van der Waals surface area contributed by atoms with Gasteiger partial charge in [0.2, 0.25) is 0 Å². The van der Waals surface area contributed by atoms with Crippen molar-refractivity contribution in [1.29, 1.82) is 0 Å². The molecule has 1 aromatic carbocycles. The van der Waals surface area contributed by atoms with Crippen LogP contribution in [0.1, 0.15) is 51.5 Å². The van der Waals surface area contributed by atoms with Gasteiger partial charge in [0.1, 0.15) is 5.75 Å². The summed E-state index contributed by atoms with van der Waals surface area (Å²) in [5.41, 5.74) is 1.28. The highest BCUT2D eigenvalue weighted by Gasteiger charge is 2.19. The predicted molar refractivity (Wildman–Crippen MR) is 95.9 cm³/mol. The topological polar surface area (TPSA) is 21.3 Å². The van der Waals surface area contributed by atoms with Gasteiger partial charge in [-0.15, -0.1) is 0 Å². The number of hydrogen-bond donors (Lipinski definition) is 1. The second-order valence-corrected chi connectivity index (χ2v) is 7.60. The van der Waals surface area contributed by atoms with Gasteiger partial charge in [-0.1, -0.05) is 19.3 Å². The first kappa shape index (κ1) is 17.3. The SMILES string of the molecule is CCOc1c(Br)cc(CNC(C)C2CCCCC2)cc1Br. The zero-order valence-corrected chi connectivity index (χ0v) is 16.1. The van der Waals surface area contributed by atoms with Gasteiger partial charge in [0.05, 0.1) is 15.6 Å². The zero-order valence-electron chi connectivity index (χ0n) is 12.9. The molecule has 0 bridgehead atoms. The lowest BCUT2D eigenvalue weighted by Crippen LogP contribution is -2.34. The smallest absolute Gasteiger partial charge is 0.147 e. The Kier molecular flexibility index (Phi) is 7.03. The number of halogens is 2. The van der Waals surface area contributed by atoms with Gasteiger partial charge in [0, 0.05) is 12.6 Å². The summed E-state index contributed by atoms with van der Waals surface area (Å²) in [4.78, 5) is 0. The lowest BCUT2D eigenvalue weighted by Gasteiger charge is -2.28. The molecule has 0 aliphatic heterocycles. The van der Waals surface area contributed by atoms with Crippen LogP contribution in [0.2, 0.25) is 0 Å². The van der Waals surface area contributed by atoms with Crippen molar-refractivity contribution in [3.8, 4) is 5.75 Å². The fourth-order valence-corrected chi connectivity index (χ4v) is 4.59. The fraction of sp³-hybridized carbons (Fsp3) is 0.647. The highest BCUT2D eigenvalue weighted by atomic mass is 79.9. The second-order valence-electron chi connectivity index (χ2n) is 5.89. The van der Waals surface area contributed by atoms with Gasteiger partial charge >= 0.3 is 0 Å². The molecule has 4 heteroatoms. The van der Waals surface area contributed by atoms with Crippen molar-refractivity contribution in [3.63, 3.8) is 0 Å². The molecule has 0 spiro atoms. The van der Waals surface area contributed by atoms with Crippen LogP contribution in [0.25, 0.3) is 0 Å². The number of hydrogen-bond acceptors (Lipinski definition) is 2. The van der Waals surface area contributed by atoms with Crippen molar-refractivity contribution in [2.45, 2.75) is 58.5 Å². The molecular weight excluding hydrogens is 394 g/mol. The number of ether oxygens (including phenoxy) is 1. The summed E-state index contributed by atoms with van der Waals surface area (Å²) in [6.07, 6.45) is 6.98. The molecule has 2 nitrogen and oxygen atoms in total. The number of benzene rings is 1. The van der Waals surface area contributed by atoms with Gasteiger partial charge in [0.15, 0.2) is 0 Å². The summed E-state index contributed by atoms with van der Waals surface area (Å²) in [7, 11) is 0. The molecule has 0 amide bonds. The van der Waals surface area contributed by atoms with Gasteiger partial charge in [-0.05, 0) is 82.2 Å². The van der Waals surface area contributed by atoms with E-state index in [9.17, 15) is 0 Å². The molecule has 0 radical (unpaired) electrons. The Balaban J connectivity index is 1.93. The van der Waals surface area contributed by atoms with E-state index < -0.39 is 0 Å². The normalized spacial score (nSPS) is 17.7. The predicted octanol–water partition coefficient (Wildman–Crippen LogP) is 5.67. The van der Waals surface area contributed by atoms with Crippen LogP contribution in [0.5, 0.6) is 5.75 Å². The van der Waals surface area contributed by atoms with Crippen molar-refractivity contribution in [1.82, 2.24) is 5.32 Å². The van der Waals surface area contributed by atoms with Gasteiger partial charge in [0.25, 0.3) is 0 Å². The number of rotatable bonds is 6. The van der Waals surface area contributed by atoms with Crippen molar-refractivity contribution in [2.24, 2.45) is 5.92 Å². The number of nitrogens with one attached hydrogen (secondary N) is 1. The van der Waals surface area contributed by atoms with E-state index in [2.05, 4.69) is 56.2 Å². The fourth-order valence-electron chi connectivity index (χ4n) is 3.08. The lowest BCUT2D eigenvalue weighted by atomic mass is 9.84. The molecule has 2 rings (SSSR count). The minimum absolute atomic E-state index is 0.592. The molecule has 118 valence electrons. The molecule has 1 aliphatic carbocycles. The van der Waals surface area contributed by atoms with Gasteiger partial charge < -0.3 is 10.1 Å². The van der Waals surface area contributed by atoms with E-state index in [1.54, 1.807) is 0 Å². The molecule has 1 unspecified atom stereocenters. The molecular formula is C17H25Br2NO. The van der Waals surface area contributed by atoms with Crippen LogP contribution in [-0.4, -0.2) is 12.6 Å². The monoisotopic (exact) mass is 417 g/mol. The Morgan fingerprint density at radius 1 is 1.19 bits per heavy atom. The maximum atomic E-state index is 5.63. The molecule has 1 aromatic rings. The van der Waals surface area contributed by atoms with Crippen LogP contribution < -0.4 is 10.1 Å². The minimum Gasteiger partial charge on any atom is -0.492 e.